The second-order valence-corrected chi connectivity index (χ2v) is 23.9. The molecule has 1 unspecified atom stereocenters. The Morgan fingerprint density at radius 2 is 1.07 bits per heavy atom. The quantitative estimate of drug-likeness (QED) is 0.0676. The molecule has 0 saturated carbocycles. The van der Waals surface area contributed by atoms with Crippen LogP contribution in [-0.2, 0) is 0 Å². The van der Waals surface area contributed by atoms with Crippen LogP contribution in [0.2, 0.25) is 25.7 Å². The van der Waals surface area contributed by atoms with Gasteiger partial charge >= 0.3 is 6.03 Å². The molecule has 2 N–H and O–H groups in total. The van der Waals surface area contributed by atoms with Crippen LogP contribution in [-0.4, -0.2) is 104 Å². The van der Waals surface area contributed by atoms with Crippen LogP contribution in [0.15, 0.2) is 36.4 Å². The van der Waals surface area contributed by atoms with Crippen molar-refractivity contribution in [2.45, 2.75) is 96.3 Å². The van der Waals surface area contributed by atoms with Gasteiger partial charge < -0.3 is 49.2 Å². The van der Waals surface area contributed by atoms with Crippen molar-refractivity contribution in [1.82, 2.24) is 10.6 Å². The first kappa shape index (κ1) is 48.2. The number of anilines is 5. The van der Waals surface area contributed by atoms with E-state index in [1.807, 2.05) is 14.1 Å². The summed E-state index contributed by atoms with van der Waals surface area (Å²) in [5.74, 6) is 2.71. The van der Waals surface area contributed by atoms with Crippen molar-refractivity contribution in [3.8, 4) is 23.0 Å². The van der Waals surface area contributed by atoms with Crippen LogP contribution < -0.4 is 49.2 Å². The number of hydrogen-bond donors (Lipinski definition) is 2. The third-order valence-electron chi connectivity index (χ3n) is 11.8. The highest BCUT2D eigenvalue weighted by Crippen LogP contribution is 2.59. The summed E-state index contributed by atoms with van der Waals surface area (Å²) in [5.41, 5.74) is 7.99. The van der Waals surface area contributed by atoms with Crippen molar-refractivity contribution in [1.29, 1.82) is 0 Å². The van der Waals surface area contributed by atoms with E-state index in [1.54, 1.807) is 28.4 Å². The van der Waals surface area contributed by atoms with Gasteiger partial charge in [0, 0.05) is 128 Å². The predicted octanol–water partition coefficient (Wildman–Crippen LogP) is 10.3. The first-order valence-corrected chi connectivity index (χ1v) is 25.8. The van der Waals surface area contributed by atoms with E-state index in [9.17, 15) is 4.79 Å². The van der Waals surface area contributed by atoms with Gasteiger partial charge in [0.05, 0.1) is 45.7 Å². The van der Waals surface area contributed by atoms with Gasteiger partial charge in [-0.05, 0) is 30.9 Å². The zero-order valence-corrected chi connectivity index (χ0v) is 40.6. The molecule has 1 heterocycles. The van der Waals surface area contributed by atoms with Gasteiger partial charge in [-0.25, -0.2) is 4.79 Å². The lowest BCUT2D eigenvalue weighted by molar-refractivity contribution is 0.238. The van der Waals surface area contributed by atoms with E-state index < -0.39 is 8.07 Å². The van der Waals surface area contributed by atoms with E-state index in [1.165, 1.54) is 44.6 Å². The summed E-state index contributed by atoms with van der Waals surface area (Å²) >= 11 is 0. The van der Waals surface area contributed by atoms with Crippen molar-refractivity contribution in [2.24, 2.45) is 5.92 Å². The molecule has 0 aromatic heterocycles. The lowest BCUT2D eigenvalue weighted by atomic mass is 9.77. The van der Waals surface area contributed by atoms with E-state index in [0.29, 0.717) is 31.1 Å². The van der Waals surface area contributed by atoms with Crippen molar-refractivity contribution in [2.75, 3.05) is 110 Å². The molecule has 3 aromatic carbocycles. The summed E-state index contributed by atoms with van der Waals surface area (Å²) in [5, 5.41) is 6.46. The first-order valence-electron chi connectivity index (χ1n) is 22.1. The molecule has 0 aliphatic carbocycles. The number of nitrogens with zero attached hydrogens (tertiary/aromatic N) is 4. The summed E-state index contributed by atoms with van der Waals surface area (Å²) < 4.78 is 25.3. The highest BCUT2D eigenvalue weighted by atomic mass is 28.3. The van der Waals surface area contributed by atoms with E-state index in [2.05, 4.69) is 121 Å². The molecule has 0 radical (unpaired) electrons. The van der Waals surface area contributed by atoms with Crippen LogP contribution in [0.25, 0.3) is 0 Å². The lowest BCUT2D eigenvalue weighted by Gasteiger charge is -2.42. The third kappa shape index (κ3) is 12.3. The Bertz CT molecular complexity index is 1750. The van der Waals surface area contributed by atoms with Crippen molar-refractivity contribution in [3.05, 3.63) is 53.1 Å². The van der Waals surface area contributed by atoms with Gasteiger partial charge in [0.2, 0.25) is 0 Å². The molecular weight excluding hydrogens is 769 g/mol. The molecule has 0 saturated heterocycles. The number of benzene rings is 3. The summed E-state index contributed by atoms with van der Waals surface area (Å²) in [7, 11) is 18.0. The molecule has 2 amide bonds. The largest absolute Gasteiger partial charge is 0.496 e. The number of fused-ring (bicyclic) bond motifs is 2. The zero-order chi connectivity index (χ0) is 44.1. The molecule has 1 atom stereocenters. The Morgan fingerprint density at radius 3 is 1.50 bits per heavy atom. The van der Waals surface area contributed by atoms with Gasteiger partial charge in [0.25, 0.3) is 0 Å². The number of hydrogen-bond acceptors (Lipinski definition) is 9. The second kappa shape index (κ2) is 22.4. The smallest absolute Gasteiger partial charge is 0.314 e. The number of ether oxygens (including phenoxy) is 4. The Balaban J connectivity index is 1.93. The van der Waals surface area contributed by atoms with E-state index in [0.717, 1.165) is 75.9 Å². The minimum atomic E-state index is -1.18. The van der Waals surface area contributed by atoms with Crippen LogP contribution >= 0.6 is 0 Å². The monoisotopic (exact) mass is 847 g/mol. The average molecular weight is 847 g/mol. The number of unbranched alkanes of at least 4 members (excludes halogenated alkanes) is 6. The van der Waals surface area contributed by atoms with Crippen LogP contribution in [0.1, 0.15) is 87.3 Å². The molecule has 0 spiro atoms. The lowest BCUT2D eigenvalue weighted by Crippen LogP contribution is -2.42. The number of rotatable bonds is 24. The number of amides is 2. The molecule has 1 aliphatic heterocycles. The predicted molar refractivity (Wildman–Crippen MR) is 257 cm³/mol. The van der Waals surface area contributed by atoms with Crippen molar-refractivity contribution in [3.63, 3.8) is 0 Å². The van der Waals surface area contributed by atoms with Crippen LogP contribution in [0.4, 0.5) is 33.2 Å². The molecule has 11 nitrogen and oxygen atoms in total. The normalized spacial score (nSPS) is 12.9. The maximum atomic E-state index is 13.3. The topological polar surface area (TPSA) is 91.0 Å². The molecule has 12 heteroatoms. The standard InChI is InChI=1S/C48H78N6O5Si/c1-15-16-17-18-19-20-21-23-34(32-50-48(55)49-24-22-25-60(12,13)14)33-54-38-26-35(51(2)3)28-40(56-8)44(38)47(45-39(54)27-36(52(4)5)29-41(45)57-9)46-42(58-10)30-37(53(6)7)31-43(46)59-11/h26-31,34,47H,15-25,32-33H2,1-14H3,(H2,49,50,55). The summed E-state index contributed by atoms with van der Waals surface area (Å²) in [6.07, 6.45) is 10.6. The van der Waals surface area contributed by atoms with Crippen LogP contribution in [0, 0.1) is 5.92 Å². The first-order chi connectivity index (χ1) is 28.6. The average Bonchev–Trinajstić information content (AvgIpc) is 3.21. The summed E-state index contributed by atoms with van der Waals surface area (Å²) in [4.78, 5) is 22.1. The van der Waals surface area contributed by atoms with E-state index in [-0.39, 0.29) is 17.9 Å². The molecule has 4 rings (SSSR count). The fourth-order valence-electron chi connectivity index (χ4n) is 8.33. The number of carbonyl (C=O) groups is 1. The second-order valence-electron chi connectivity index (χ2n) is 18.2. The van der Waals surface area contributed by atoms with Crippen molar-refractivity contribution >= 4 is 42.5 Å². The number of urea groups is 1. The summed E-state index contributed by atoms with van der Waals surface area (Å²) in [6.45, 7) is 11.3. The minimum absolute atomic E-state index is 0.0943. The Morgan fingerprint density at radius 1 is 0.633 bits per heavy atom. The maximum Gasteiger partial charge on any atom is 0.314 e. The fourth-order valence-corrected chi connectivity index (χ4v) is 9.57. The molecule has 3 aromatic rings. The number of nitrogens with one attached hydrogen (secondary N) is 2. The van der Waals surface area contributed by atoms with Gasteiger partial charge in [0.1, 0.15) is 23.0 Å². The van der Waals surface area contributed by atoms with Gasteiger partial charge in [-0.1, -0.05) is 77.6 Å². The molecule has 1 aliphatic rings. The molecular formula is C48H78N6O5Si. The van der Waals surface area contributed by atoms with Gasteiger partial charge in [-0.2, -0.15) is 0 Å². The SMILES string of the molecule is CCCCCCCCCC(CNC(=O)NCCC[Si](C)(C)C)CN1c2cc(N(C)C)cc(OC)c2C(c2c(OC)cc(N(C)C)cc2OC)c2c(OC)cc(N(C)C)cc21. The van der Waals surface area contributed by atoms with Gasteiger partial charge in [0.15, 0.2) is 0 Å². The fraction of sp³-hybridized carbons (Fsp3) is 0.604. The highest BCUT2D eigenvalue weighted by molar-refractivity contribution is 6.76. The van der Waals surface area contributed by atoms with Gasteiger partial charge in [-0.3, -0.25) is 0 Å². The highest BCUT2D eigenvalue weighted by Gasteiger charge is 2.41. The Hall–Kier alpha value is -4.45. The van der Waals surface area contributed by atoms with E-state index >= 15 is 0 Å². The van der Waals surface area contributed by atoms with E-state index in [4.69, 9.17) is 18.9 Å². The molecule has 60 heavy (non-hydrogen) atoms. The molecule has 334 valence electrons. The number of methoxy groups -OCH3 is 4. The Labute approximate surface area is 364 Å². The minimum Gasteiger partial charge on any atom is -0.496 e. The number of carbonyl (C=O) groups excluding carboxylic acids is 1. The maximum absolute atomic E-state index is 13.3. The third-order valence-corrected chi connectivity index (χ3v) is 13.6. The Kier molecular flexibility index (Phi) is 18.0. The zero-order valence-electron chi connectivity index (χ0n) is 39.6. The van der Waals surface area contributed by atoms with Gasteiger partial charge in [-0.15, -0.1) is 0 Å². The molecule has 0 bridgehead atoms. The van der Waals surface area contributed by atoms with Crippen LogP contribution in [0.3, 0.4) is 0 Å². The molecule has 0 fully saturated rings. The van der Waals surface area contributed by atoms with Crippen molar-refractivity contribution < 1.29 is 23.7 Å². The summed E-state index contributed by atoms with van der Waals surface area (Å²) in [6, 6.07) is 14.0. The van der Waals surface area contributed by atoms with Crippen LogP contribution in [0.5, 0.6) is 23.0 Å².